The van der Waals surface area contributed by atoms with Gasteiger partial charge >= 0.3 is 0 Å². The minimum atomic E-state index is 0.691. The molecular formula is C15H24N2O. The highest BCUT2D eigenvalue weighted by molar-refractivity contribution is 5.58. The van der Waals surface area contributed by atoms with Crippen LogP contribution in [0.15, 0.2) is 24.3 Å². The van der Waals surface area contributed by atoms with Crippen LogP contribution >= 0.6 is 0 Å². The summed E-state index contributed by atoms with van der Waals surface area (Å²) in [4.78, 5) is 2.43. The molecule has 1 fully saturated rings. The number of nitrogens with zero attached hydrogens (tertiary/aromatic N) is 1. The van der Waals surface area contributed by atoms with E-state index in [2.05, 4.69) is 29.3 Å². The molecule has 0 aromatic heterocycles. The minimum absolute atomic E-state index is 0.691. The third kappa shape index (κ3) is 3.16. The fraction of sp³-hybridized carbons (Fsp3) is 0.600. The summed E-state index contributed by atoms with van der Waals surface area (Å²) in [5.74, 6) is 0.984. The van der Waals surface area contributed by atoms with Gasteiger partial charge in [-0.05, 0) is 37.9 Å². The molecule has 0 amide bonds. The summed E-state index contributed by atoms with van der Waals surface area (Å²) < 4.78 is 5.43. The highest BCUT2D eigenvalue weighted by Crippen LogP contribution is 2.29. The van der Waals surface area contributed by atoms with E-state index in [0.29, 0.717) is 6.04 Å². The Hall–Kier alpha value is -1.22. The van der Waals surface area contributed by atoms with Gasteiger partial charge < -0.3 is 15.0 Å². The first-order valence-corrected chi connectivity index (χ1v) is 6.96. The molecule has 0 spiro atoms. The molecule has 0 radical (unpaired) electrons. The third-order valence-corrected chi connectivity index (χ3v) is 3.60. The van der Waals surface area contributed by atoms with Gasteiger partial charge in [0.1, 0.15) is 5.75 Å². The maximum atomic E-state index is 5.43. The predicted molar refractivity (Wildman–Crippen MR) is 76.5 cm³/mol. The number of para-hydroxylation sites is 2. The first-order chi connectivity index (χ1) is 8.85. The average molecular weight is 248 g/mol. The molecule has 0 bridgehead atoms. The second-order valence-electron chi connectivity index (χ2n) is 4.89. The van der Waals surface area contributed by atoms with Crippen molar-refractivity contribution in [3.63, 3.8) is 0 Å². The van der Waals surface area contributed by atoms with E-state index < -0.39 is 0 Å². The SMILES string of the molecule is CCCNC1CCN(c2ccccc2OC)CC1. The van der Waals surface area contributed by atoms with Gasteiger partial charge in [0.05, 0.1) is 12.8 Å². The number of ether oxygens (including phenoxy) is 1. The summed E-state index contributed by atoms with van der Waals surface area (Å²) in [6.45, 7) is 5.58. The number of piperidine rings is 1. The van der Waals surface area contributed by atoms with Crippen LogP contribution in [0.25, 0.3) is 0 Å². The van der Waals surface area contributed by atoms with Crippen molar-refractivity contribution in [1.82, 2.24) is 5.32 Å². The minimum Gasteiger partial charge on any atom is -0.495 e. The summed E-state index contributed by atoms with van der Waals surface area (Å²) in [7, 11) is 1.74. The lowest BCUT2D eigenvalue weighted by Gasteiger charge is -2.34. The average Bonchev–Trinajstić information content (AvgIpc) is 2.45. The molecule has 1 aliphatic heterocycles. The van der Waals surface area contributed by atoms with E-state index in [0.717, 1.165) is 25.4 Å². The van der Waals surface area contributed by atoms with E-state index in [4.69, 9.17) is 4.74 Å². The lowest BCUT2D eigenvalue weighted by Crippen LogP contribution is -2.42. The molecule has 1 heterocycles. The zero-order valence-corrected chi connectivity index (χ0v) is 11.5. The van der Waals surface area contributed by atoms with Crippen molar-refractivity contribution >= 4 is 5.69 Å². The highest BCUT2D eigenvalue weighted by Gasteiger charge is 2.20. The molecule has 0 saturated carbocycles. The largest absolute Gasteiger partial charge is 0.495 e. The topological polar surface area (TPSA) is 24.5 Å². The number of anilines is 1. The van der Waals surface area contributed by atoms with Crippen LogP contribution in [0.1, 0.15) is 26.2 Å². The van der Waals surface area contributed by atoms with E-state index in [1.54, 1.807) is 7.11 Å². The molecule has 1 aromatic carbocycles. The number of methoxy groups -OCH3 is 1. The zero-order valence-electron chi connectivity index (χ0n) is 11.5. The number of hydrogen-bond donors (Lipinski definition) is 1. The summed E-state index contributed by atoms with van der Waals surface area (Å²) in [6.07, 6.45) is 3.66. The predicted octanol–water partition coefficient (Wildman–Crippen LogP) is 2.66. The summed E-state index contributed by atoms with van der Waals surface area (Å²) in [6, 6.07) is 8.99. The first kappa shape index (κ1) is 13.2. The highest BCUT2D eigenvalue weighted by atomic mass is 16.5. The molecule has 100 valence electrons. The molecule has 18 heavy (non-hydrogen) atoms. The lowest BCUT2D eigenvalue weighted by atomic mass is 10.0. The lowest BCUT2D eigenvalue weighted by molar-refractivity contribution is 0.398. The van der Waals surface area contributed by atoms with Gasteiger partial charge in [-0.3, -0.25) is 0 Å². The molecule has 1 aromatic rings. The van der Waals surface area contributed by atoms with Crippen LogP contribution in [0.4, 0.5) is 5.69 Å². The van der Waals surface area contributed by atoms with Crippen molar-refractivity contribution in [2.24, 2.45) is 0 Å². The molecule has 0 aliphatic carbocycles. The smallest absolute Gasteiger partial charge is 0.142 e. The number of hydrogen-bond acceptors (Lipinski definition) is 3. The monoisotopic (exact) mass is 248 g/mol. The van der Waals surface area contributed by atoms with E-state index >= 15 is 0 Å². The van der Waals surface area contributed by atoms with Gasteiger partial charge in [0, 0.05) is 19.1 Å². The fourth-order valence-corrected chi connectivity index (χ4v) is 2.56. The molecule has 3 heteroatoms. The van der Waals surface area contributed by atoms with E-state index in [-0.39, 0.29) is 0 Å². The van der Waals surface area contributed by atoms with Crippen molar-refractivity contribution < 1.29 is 4.74 Å². The first-order valence-electron chi connectivity index (χ1n) is 6.96. The molecule has 1 N–H and O–H groups in total. The molecular weight excluding hydrogens is 224 g/mol. The van der Waals surface area contributed by atoms with Crippen molar-refractivity contribution in [3.05, 3.63) is 24.3 Å². The van der Waals surface area contributed by atoms with Crippen molar-refractivity contribution in [1.29, 1.82) is 0 Å². The molecule has 0 atom stereocenters. The summed E-state index contributed by atoms with van der Waals surface area (Å²) in [5.41, 5.74) is 1.23. The molecule has 1 aliphatic rings. The second kappa shape index (κ2) is 6.64. The van der Waals surface area contributed by atoms with Gasteiger partial charge in [0.2, 0.25) is 0 Å². The Labute approximate surface area is 110 Å². The fourth-order valence-electron chi connectivity index (χ4n) is 2.56. The number of benzene rings is 1. The van der Waals surface area contributed by atoms with Crippen LogP contribution in [0, 0.1) is 0 Å². The molecule has 1 saturated heterocycles. The molecule has 0 unspecified atom stereocenters. The van der Waals surface area contributed by atoms with Gasteiger partial charge in [-0.2, -0.15) is 0 Å². The van der Waals surface area contributed by atoms with Crippen LogP contribution in [0.2, 0.25) is 0 Å². The Kier molecular flexibility index (Phi) is 4.88. The van der Waals surface area contributed by atoms with Crippen LogP contribution in [-0.2, 0) is 0 Å². The Bertz CT molecular complexity index is 359. The maximum absolute atomic E-state index is 5.43. The zero-order chi connectivity index (χ0) is 12.8. The van der Waals surface area contributed by atoms with Crippen LogP contribution in [0.3, 0.4) is 0 Å². The second-order valence-corrected chi connectivity index (χ2v) is 4.89. The van der Waals surface area contributed by atoms with Crippen LogP contribution in [0.5, 0.6) is 5.75 Å². The van der Waals surface area contributed by atoms with E-state index in [1.807, 2.05) is 12.1 Å². The van der Waals surface area contributed by atoms with Crippen molar-refractivity contribution in [2.75, 3.05) is 31.6 Å². The van der Waals surface area contributed by atoms with Crippen LogP contribution in [-0.4, -0.2) is 32.8 Å². The van der Waals surface area contributed by atoms with Gasteiger partial charge in [-0.15, -0.1) is 0 Å². The maximum Gasteiger partial charge on any atom is 0.142 e. The number of rotatable bonds is 5. The quantitative estimate of drug-likeness (QED) is 0.867. The third-order valence-electron chi connectivity index (χ3n) is 3.60. The standard InChI is InChI=1S/C15H24N2O/c1-3-10-16-13-8-11-17(12-9-13)14-6-4-5-7-15(14)18-2/h4-7,13,16H,3,8-12H2,1-2H3. The van der Waals surface area contributed by atoms with Gasteiger partial charge in [0.15, 0.2) is 0 Å². The van der Waals surface area contributed by atoms with Gasteiger partial charge in [-0.25, -0.2) is 0 Å². The van der Waals surface area contributed by atoms with Crippen molar-refractivity contribution in [2.45, 2.75) is 32.2 Å². The molecule has 2 rings (SSSR count). The number of nitrogens with one attached hydrogen (secondary N) is 1. The van der Waals surface area contributed by atoms with Crippen LogP contribution < -0.4 is 15.0 Å². The normalized spacial score (nSPS) is 16.9. The van der Waals surface area contributed by atoms with E-state index in [1.165, 1.54) is 24.9 Å². The van der Waals surface area contributed by atoms with E-state index in [9.17, 15) is 0 Å². The Morgan fingerprint density at radius 2 is 2.00 bits per heavy atom. The van der Waals surface area contributed by atoms with Crippen molar-refractivity contribution in [3.8, 4) is 5.75 Å². The summed E-state index contributed by atoms with van der Waals surface area (Å²) in [5, 5.41) is 3.61. The Morgan fingerprint density at radius 1 is 1.28 bits per heavy atom. The summed E-state index contributed by atoms with van der Waals surface area (Å²) >= 11 is 0. The van der Waals surface area contributed by atoms with Gasteiger partial charge in [0.25, 0.3) is 0 Å². The molecule has 3 nitrogen and oxygen atoms in total. The Morgan fingerprint density at radius 3 is 2.67 bits per heavy atom. The Balaban J connectivity index is 1.92. The van der Waals surface area contributed by atoms with Gasteiger partial charge in [-0.1, -0.05) is 19.1 Å².